The number of rotatable bonds is 8. The molecule has 0 saturated heterocycles. The summed E-state index contributed by atoms with van der Waals surface area (Å²) in [4.78, 5) is 11.7. The van der Waals surface area contributed by atoms with E-state index in [0.29, 0.717) is 12.6 Å². The molecule has 124 valence electrons. The summed E-state index contributed by atoms with van der Waals surface area (Å²) in [5.74, 6) is 0.180. The fourth-order valence-electron chi connectivity index (χ4n) is 2.02. The van der Waals surface area contributed by atoms with Crippen LogP contribution in [0.5, 0.6) is 0 Å². The maximum absolute atomic E-state index is 11.7. The van der Waals surface area contributed by atoms with Crippen molar-refractivity contribution in [3.8, 4) is 0 Å². The van der Waals surface area contributed by atoms with Crippen molar-refractivity contribution in [3.05, 3.63) is 29.8 Å². The van der Waals surface area contributed by atoms with E-state index >= 15 is 0 Å². The van der Waals surface area contributed by atoms with Gasteiger partial charge in [0.1, 0.15) is 0 Å². The maximum atomic E-state index is 11.7. The minimum absolute atomic E-state index is 0.180. The number of amides is 2. The number of carbonyl (C=O) groups excluding carboxylic acids is 1. The third kappa shape index (κ3) is 6.80. The molecular formula is C17H29N3O2. The summed E-state index contributed by atoms with van der Waals surface area (Å²) < 4.78 is 0. The van der Waals surface area contributed by atoms with Gasteiger partial charge in [-0.1, -0.05) is 32.4 Å². The summed E-state index contributed by atoms with van der Waals surface area (Å²) in [5, 5.41) is 18.7. The minimum Gasteiger partial charge on any atom is -0.391 e. The molecule has 5 heteroatoms. The van der Waals surface area contributed by atoms with Crippen molar-refractivity contribution in [2.45, 2.75) is 52.8 Å². The zero-order chi connectivity index (χ0) is 16.5. The maximum Gasteiger partial charge on any atom is 0.315 e. The molecule has 0 radical (unpaired) electrons. The summed E-state index contributed by atoms with van der Waals surface area (Å²) in [6.07, 6.45) is 0.384. The zero-order valence-electron chi connectivity index (χ0n) is 14.0. The quantitative estimate of drug-likeness (QED) is 0.596. The van der Waals surface area contributed by atoms with E-state index in [1.54, 1.807) is 0 Å². The van der Waals surface area contributed by atoms with Gasteiger partial charge in [0.05, 0.1) is 6.10 Å². The Morgan fingerprint density at radius 1 is 1.23 bits per heavy atom. The molecule has 1 rings (SSSR count). The molecule has 5 nitrogen and oxygen atoms in total. The van der Waals surface area contributed by atoms with Gasteiger partial charge >= 0.3 is 6.03 Å². The first kappa shape index (κ1) is 18.3. The number of carbonyl (C=O) groups is 1. The molecule has 0 aliphatic heterocycles. The topological polar surface area (TPSA) is 73.4 Å². The van der Waals surface area contributed by atoms with E-state index < -0.39 is 6.10 Å². The average Bonchev–Trinajstić information content (AvgIpc) is 2.49. The summed E-state index contributed by atoms with van der Waals surface area (Å²) in [5.41, 5.74) is 2.07. The van der Waals surface area contributed by atoms with Gasteiger partial charge < -0.3 is 21.1 Å². The molecule has 2 unspecified atom stereocenters. The van der Waals surface area contributed by atoms with E-state index in [-0.39, 0.29) is 18.5 Å². The number of benzene rings is 1. The van der Waals surface area contributed by atoms with Crippen molar-refractivity contribution in [2.24, 2.45) is 5.92 Å². The second-order valence-electron chi connectivity index (χ2n) is 6.02. The second-order valence-corrected chi connectivity index (χ2v) is 6.02. The molecule has 0 aromatic heterocycles. The standard InChI is InChI=1S/C17H29N3O2/c1-5-13(4)16(21)11-19-17(22)18-10-14-7-6-8-15(9-14)20-12(2)3/h6-9,12-13,16,20-21H,5,10-11H2,1-4H3,(H2,18,19,22). The highest BCUT2D eigenvalue weighted by molar-refractivity contribution is 5.73. The van der Waals surface area contributed by atoms with E-state index in [2.05, 4.69) is 29.8 Å². The SMILES string of the molecule is CCC(C)C(O)CNC(=O)NCc1cccc(NC(C)C)c1. The third-order valence-electron chi connectivity index (χ3n) is 3.61. The van der Waals surface area contributed by atoms with Crippen molar-refractivity contribution >= 4 is 11.7 Å². The smallest absolute Gasteiger partial charge is 0.315 e. The van der Waals surface area contributed by atoms with Crippen molar-refractivity contribution in [3.63, 3.8) is 0 Å². The van der Waals surface area contributed by atoms with Crippen LogP contribution < -0.4 is 16.0 Å². The molecule has 2 atom stereocenters. The van der Waals surface area contributed by atoms with Gasteiger partial charge in [0.2, 0.25) is 0 Å². The van der Waals surface area contributed by atoms with Crippen molar-refractivity contribution in [2.75, 3.05) is 11.9 Å². The highest BCUT2D eigenvalue weighted by Crippen LogP contribution is 2.11. The Hall–Kier alpha value is -1.75. The Morgan fingerprint density at radius 3 is 2.59 bits per heavy atom. The van der Waals surface area contributed by atoms with Gasteiger partial charge in [0.15, 0.2) is 0 Å². The normalized spacial score (nSPS) is 13.5. The molecule has 22 heavy (non-hydrogen) atoms. The molecule has 0 aliphatic rings. The number of nitrogens with one attached hydrogen (secondary N) is 3. The van der Waals surface area contributed by atoms with E-state index in [4.69, 9.17) is 0 Å². The molecule has 0 bridgehead atoms. The predicted octanol–water partition coefficient (Wildman–Crippen LogP) is 2.71. The van der Waals surface area contributed by atoms with Crippen molar-refractivity contribution in [1.29, 1.82) is 0 Å². The number of aliphatic hydroxyl groups excluding tert-OH is 1. The summed E-state index contributed by atoms with van der Waals surface area (Å²) in [6, 6.07) is 8.07. The lowest BCUT2D eigenvalue weighted by Gasteiger charge is -2.18. The predicted molar refractivity (Wildman–Crippen MR) is 90.9 cm³/mol. The minimum atomic E-state index is -0.505. The van der Waals surface area contributed by atoms with Gasteiger partial charge in [0, 0.05) is 24.8 Å². The number of hydrogen-bond donors (Lipinski definition) is 4. The molecule has 2 amide bonds. The number of urea groups is 1. The Balaban J connectivity index is 2.38. The Kier molecular flexibility index (Phi) is 7.74. The largest absolute Gasteiger partial charge is 0.391 e. The van der Waals surface area contributed by atoms with Gasteiger partial charge in [0.25, 0.3) is 0 Å². The van der Waals surface area contributed by atoms with Gasteiger partial charge in [-0.15, -0.1) is 0 Å². The fraction of sp³-hybridized carbons (Fsp3) is 0.588. The highest BCUT2D eigenvalue weighted by Gasteiger charge is 2.13. The van der Waals surface area contributed by atoms with E-state index in [1.807, 2.05) is 38.1 Å². The van der Waals surface area contributed by atoms with Crippen LogP contribution in [0.4, 0.5) is 10.5 Å². The highest BCUT2D eigenvalue weighted by atomic mass is 16.3. The monoisotopic (exact) mass is 307 g/mol. The molecular weight excluding hydrogens is 278 g/mol. The summed E-state index contributed by atoms with van der Waals surface area (Å²) >= 11 is 0. The van der Waals surface area contributed by atoms with Crippen LogP contribution in [-0.4, -0.2) is 29.8 Å². The lowest BCUT2D eigenvalue weighted by atomic mass is 10.0. The van der Waals surface area contributed by atoms with Crippen LogP contribution in [-0.2, 0) is 6.54 Å². The van der Waals surface area contributed by atoms with Crippen LogP contribution >= 0.6 is 0 Å². The van der Waals surface area contributed by atoms with E-state index in [0.717, 1.165) is 17.7 Å². The molecule has 0 aliphatic carbocycles. The first-order chi connectivity index (χ1) is 10.4. The zero-order valence-corrected chi connectivity index (χ0v) is 14.0. The van der Waals surface area contributed by atoms with Crippen LogP contribution in [0.2, 0.25) is 0 Å². The molecule has 4 N–H and O–H groups in total. The van der Waals surface area contributed by atoms with Crippen LogP contribution in [0, 0.1) is 5.92 Å². The van der Waals surface area contributed by atoms with Crippen LogP contribution in [0.25, 0.3) is 0 Å². The Bertz CT molecular complexity index is 463. The molecule has 1 aromatic rings. The second kappa shape index (κ2) is 9.30. The summed E-state index contributed by atoms with van der Waals surface area (Å²) in [6.45, 7) is 8.89. The number of aliphatic hydroxyl groups is 1. The van der Waals surface area contributed by atoms with Crippen molar-refractivity contribution in [1.82, 2.24) is 10.6 Å². The Labute approximate surface area is 133 Å². The fourth-order valence-corrected chi connectivity index (χ4v) is 2.02. The third-order valence-corrected chi connectivity index (χ3v) is 3.61. The summed E-state index contributed by atoms with van der Waals surface area (Å²) in [7, 11) is 0. The number of anilines is 1. The van der Waals surface area contributed by atoms with Gasteiger partial charge in [-0.3, -0.25) is 0 Å². The lowest BCUT2D eigenvalue weighted by Crippen LogP contribution is -2.41. The van der Waals surface area contributed by atoms with Gasteiger partial charge in [-0.2, -0.15) is 0 Å². The van der Waals surface area contributed by atoms with Crippen LogP contribution in [0.1, 0.15) is 39.7 Å². The molecule has 0 saturated carbocycles. The van der Waals surface area contributed by atoms with Crippen LogP contribution in [0.3, 0.4) is 0 Å². The van der Waals surface area contributed by atoms with E-state index in [1.165, 1.54) is 0 Å². The molecule has 0 fully saturated rings. The van der Waals surface area contributed by atoms with Crippen LogP contribution in [0.15, 0.2) is 24.3 Å². The van der Waals surface area contributed by atoms with Gasteiger partial charge in [-0.25, -0.2) is 4.79 Å². The lowest BCUT2D eigenvalue weighted by molar-refractivity contribution is 0.114. The van der Waals surface area contributed by atoms with Gasteiger partial charge in [-0.05, 0) is 37.5 Å². The molecule has 0 heterocycles. The molecule has 1 aromatic carbocycles. The van der Waals surface area contributed by atoms with E-state index in [9.17, 15) is 9.90 Å². The Morgan fingerprint density at radius 2 is 1.95 bits per heavy atom. The first-order valence-corrected chi connectivity index (χ1v) is 7.97. The van der Waals surface area contributed by atoms with Crippen molar-refractivity contribution < 1.29 is 9.90 Å². The molecule has 0 spiro atoms. The average molecular weight is 307 g/mol. The first-order valence-electron chi connectivity index (χ1n) is 7.97. The number of hydrogen-bond acceptors (Lipinski definition) is 3.